The lowest BCUT2D eigenvalue weighted by Crippen LogP contribution is -2.29. The standard InChI is InChI=1S/C24H23ClN4O6S2/c1-35-22-11-10-17(25)14-21(22)28-36(31,32)19-7-2-5-16(13-19)24(30)27-18-6-3-8-20(15-18)37(33,34)29-23-9-4-12-26-23/h2-3,5-8,10-11,13-15,28H,4,9,12H2,1H3,(H,26,29)(H,27,30). The van der Waals surface area contributed by atoms with Gasteiger partial charge in [0, 0.05) is 29.2 Å². The number of nitrogens with zero attached hydrogens (tertiary/aromatic N) is 1. The van der Waals surface area contributed by atoms with Crippen LogP contribution in [0.2, 0.25) is 5.02 Å². The molecule has 3 aromatic carbocycles. The highest BCUT2D eigenvalue weighted by atomic mass is 35.5. The van der Waals surface area contributed by atoms with Crippen molar-refractivity contribution in [1.29, 1.82) is 0 Å². The van der Waals surface area contributed by atoms with E-state index in [1.165, 1.54) is 67.8 Å². The van der Waals surface area contributed by atoms with E-state index in [-0.39, 0.29) is 32.5 Å². The van der Waals surface area contributed by atoms with Gasteiger partial charge < -0.3 is 10.1 Å². The molecule has 0 fully saturated rings. The lowest BCUT2D eigenvalue weighted by Gasteiger charge is -2.13. The van der Waals surface area contributed by atoms with E-state index < -0.39 is 26.0 Å². The maximum atomic E-state index is 13.0. The Hall–Kier alpha value is -3.61. The van der Waals surface area contributed by atoms with Crippen LogP contribution in [0.4, 0.5) is 11.4 Å². The SMILES string of the molecule is COc1ccc(Cl)cc1NS(=O)(=O)c1cccc(C(=O)Nc2cccc(S(=O)(=O)NC3=NCCC3)c2)c1. The number of sulfonamides is 2. The van der Waals surface area contributed by atoms with Gasteiger partial charge in [0.25, 0.3) is 26.0 Å². The third kappa shape index (κ3) is 6.40. The van der Waals surface area contributed by atoms with Crippen LogP contribution in [0.1, 0.15) is 23.2 Å². The maximum Gasteiger partial charge on any atom is 0.262 e. The average molecular weight is 563 g/mol. The van der Waals surface area contributed by atoms with Crippen molar-refractivity contribution in [2.75, 3.05) is 23.7 Å². The normalized spacial score (nSPS) is 13.5. The Kier molecular flexibility index (Phi) is 7.71. The summed E-state index contributed by atoms with van der Waals surface area (Å²) >= 11 is 5.98. The molecule has 3 aromatic rings. The summed E-state index contributed by atoms with van der Waals surface area (Å²) in [6, 6.07) is 15.6. The number of hydrogen-bond acceptors (Lipinski definition) is 7. The maximum absolute atomic E-state index is 13.0. The van der Waals surface area contributed by atoms with E-state index in [1.54, 1.807) is 6.07 Å². The quantitative estimate of drug-likeness (QED) is 0.380. The van der Waals surface area contributed by atoms with E-state index in [2.05, 4.69) is 19.8 Å². The Bertz CT molecular complexity index is 1590. The van der Waals surface area contributed by atoms with E-state index >= 15 is 0 Å². The first-order chi connectivity index (χ1) is 17.6. The van der Waals surface area contributed by atoms with Crippen LogP contribution in [0, 0.1) is 0 Å². The number of carbonyl (C=O) groups is 1. The molecule has 0 spiro atoms. The summed E-state index contributed by atoms with van der Waals surface area (Å²) in [6.45, 7) is 0.574. The molecule has 0 saturated heterocycles. The zero-order valence-electron chi connectivity index (χ0n) is 19.6. The van der Waals surface area contributed by atoms with Gasteiger partial charge in [-0.25, -0.2) is 16.8 Å². The molecule has 1 amide bonds. The largest absolute Gasteiger partial charge is 0.495 e. The molecule has 1 heterocycles. The molecule has 1 aliphatic heterocycles. The van der Waals surface area contributed by atoms with Crippen molar-refractivity contribution in [3.05, 3.63) is 77.3 Å². The lowest BCUT2D eigenvalue weighted by atomic mass is 10.2. The fourth-order valence-corrected chi connectivity index (χ4v) is 5.96. The van der Waals surface area contributed by atoms with E-state index in [4.69, 9.17) is 16.3 Å². The monoisotopic (exact) mass is 562 g/mol. The summed E-state index contributed by atoms with van der Waals surface area (Å²) in [4.78, 5) is 16.8. The molecule has 0 unspecified atom stereocenters. The van der Waals surface area contributed by atoms with E-state index in [0.29, 0.717) is 23.8 Å². The van der Waals surface area contributed by atoms with Crippen molar-refractivity contribution in [3.8, 4) is 5.75 Å². The minimum absolute atomic E-state index is 0.0455. The Balaban J connectivity index is 1.53. The van der Waals surface area contributed by atoms with Gasteiger partial charge in [-0.1, -0.05) is 23.7 Å². The van der Waals surface area contributed by atoms with Gasteiger partial charge in [-0.05, 0) is 61.0 Å². The topological polar surface area (TPSA) is 143 Å². The van der Waals surface area contributed by atoms with Crippen LogP contribution in [0.25, 0.3) is 0 Å². The molecule has 13 heteroatoms. The van der Waals surface area contributed by atoms with E-state index in [0.717, 1.165) is 6.42 Å². The van der Waals surface area contributed by atoms with Gasteiger partial charge in [0.2, 0.25) is 0 Å². The highest BCUT2D eigenvalue weighted by Crippen LogP contribution is 2.30. The molecule has 10 nitrogen and oxygen atoms in total. The van der Waals surface area contributed by atoms with Crippen molar-refractivity contribution in [3.63, 3.8) is 0 Å². The van der Waals surface area contributed by atoms with Gasteiger partial charge >= 0.3 is 0 Å². The smallest absolute Gasteiger partial charge is 0.262 e. The lowest BCUT2D eigenvalue weighted by molar-refractivity contribution is 0.102. The fraction of sp³-hybridized carbons (Fsp3) is 0.167. The van der Waals surface area contributed by atoms with Gasteiger partial charge in [0.1, 0.15) is 11.6 Å². The van der Waals surface area contributed by atoms with Crippen LogP contribution in [-0.2, 0) is 20.0 Å². The van der Waals surface area contributed by atoms with Crippen molar-refractivity contribution in [2.24, 2.45) is 4.99 Å². The zero-order valence-corrected chi connectivity index (χ0v) is 22.0. The predicted octanol–water partition coefficient (Wildman–Crippen LogP) is 3.87. The van der Waals surface area contributed by atoms with Crippen LogP contribution in [0.15, 0.2) is 81.5 Å². The molecule has 37 heavy (non-hydrogen) atoms. The summed E-state index contributed by atoms with van der Waals surface area (Å²) in [5, 5.41) is 2.91. The first kappa shape index (κ1) is 26.5. The van der Waals surface area contributed by atoms with Crippen LogP contribution in [-0.4, -0.2) is 42.2 Å². The van der Waals surface area contributed by atoms with Crippen LogP contribution >= 0.6 is 11.6 Å². The Morgan fingerprint density at radius 2 is 1.62 bits per heavy atom. The van der Waals surface area contributed by atoms with Crippen molar-refractivity contribution in [2.45, 2.75) is 22.6 Å². The molecule has 3 N–H and O–H groups in total. The minimum atomic E-state index is -4.10. The number of benzene rings is 3. The number of methoxy groups -OCH3 is 1. The molecule has 4 rings (SSSR count). The van der Waals surface area contributed by atoms with Crippen LogP contribution in [0.5, 0.6) is 5.75 Å². The second-order valence-electron chi connectivity index (χ2n) is 8.00. The van der Waals surface area contributed by atoms with Crippen molar-refractivity contribution >= 4 is 54.8 Å². The fourth-order valence-electron chi connectivity index (χ4n) is 3.55. The average Bonchev–Trinajstić information content (AvgIpc) is 3.36. The number of carbonyl (C=O) groups excluding carboxylic acids is 1. The van der Waals surface area contributed by atoms with E-state index in [9.17, 15) is 21.6 Å². The minimum Gasteiger partial charge on any atom is -0.495 e. The highest BCUT2D eigenvalue weighted by Gasteiger charge is 2.21. The molecular weight excluding hydrogens is 540 g/mol. The summed E-state index contributed by atoms with van der Waals surface area (Å²) < 4.78 is 61.4. The van der Waals surface area contributed by atoms with Crippen LogP contribution < -0.4 is 19.5 Å². The van der Waals surface area contributed by atoms with Crippen LogP contribution in [0.3, 0.4) is 0 Å². The first-order valence-electron chi connectivity index (χ1n) is 11.0. The number of halogens is 1. The Morgan fingerprint density at radius 3 is 2.32 bits per heavy atom. The summed E-state index contributed by atoms with van der Waals surface area (Å²) in [6.07, 6.45) is 1.33. The summed E-state index contributed by atoms with van der Waals surface area (Å²) in [5.41, 5.74) is 0.406. The summed E-state index contributed by atoms with van der Waals surface area (Å²) in [7, 11) is -6.57. The molecule has 1 aliphatic rings. The number of rotatable bonds is 8. The molecule has 0 radical (unpaired) electrons. The molecule has 194 valence electrons. The molecule has 0 bridgehead atoms. The summed E-state index contributed by atoms with van der Waals surface area (Å²) in [5.74, 6) is 0.0442. The molecule has 0 saturated carbocycles. The second kappa shape index (κ2) is 10.8. The number of anilines is 2. The number of aliphatic imine (C=N–C) groups is 1. The number of amidine groups is 1. The molecule has 0 aromatic heterocycles. The second-order valence-corrected chi connectivity index (χ2v) is 11.8. The van der Waals surface area contributed by atoms with Gasteiger partial charge in [-0.15, -0.1) is 0 Å². The number of ether oxygens (including phenoxy) is 1. The predicted molar refractivity (Wildman–Crippen MR) is 142 cm³/mol. The van der Waals surface area contributed by atoms with Gasteiger partial charge in [0.05, 0.1) is 22.6 Å². The highest BCUT2D eigenvalue weighted by molar-refractivity contribution is 7.92. The Labute approximate surface area is 219 Å². The third-order valence-corrected chi connectivity index (χ3v) is 8.32. The van der Waals surface area contributed by atoms with Gasteiger partial charge in [0.15, 0.2) is 0 Å². The van der Waals surface area contributed by atoms with Crippen molar-refractivity contribution < 1.29 is 26.4 Å². The third-order valence-electron chi connectivity index (χ3n) is 5.34. The van der Waals surface area contributed by atoms with E-state index in [1.807, 2.05) is 0 Å². The number of amides is 1. The molecule has 0 atom stereocenters. The van der Waals surface area contributed by atoms with Crippen molar-refractivity contribution in [1.82, 2.24) is 4.72 Å². The molecular formula is C24H23ClN4O6S2. The molecule has 0 aliphatic carbocycles. The van der Waals surface area contributed by atoms with Gasteiger partial charge in [-0.3, -0.25) is 19.2 Å². The Morgan fingerprint density at radius 1 is 0.919 bits per heavy atom. The zero-order chi connectivity index (χ0) is 26.6. The number of nitrogens with one attached hydrogen (secondary N) is 3. The first-order valence-corrected chi connectivity index (χ1v) is 14.4. The van der Waals surface area contributed by atoms with Gasteiger partial charge in [-0.2, -0.15) is 0 Å². The number of hydrogen-bond donors (Lipinski definition) is 3.